The van der Waals surface area contributed by atoms with Crippen molar-refractivity contribution in [2.75, 3.05) is 0 Å². The molecular formula is C15H26O3. The summed E-state index contributed by atoms with van der Waals surface area (Å²) in [5.74, 6) is -0.226. The minimum atomic E-state index is -0.933. The van der Waals surface area contributed by atoms with Crippen molar-refractivity contribution in [2.24, 2.45) is 11.3 Å². The summed E-state index contributed by atoms with van der Waals surface area (Å²) in [6.07, 6.45) is 4.60. The van der Waals surface area contributed by atoms with E-state index in [1.54, 1.807) is 13.8 Å². The molecule has 0 amide bonds. The topological polar surface area (TPSA) is 60.7 Å². The van der Waals surface area contributed by atoms with Gasteiger partial charge in [0.1, 0.15) is 0 Å². The largest absolute Gasteiger partial charge is 0.390 e. The number of hydrogen-bond acceptors (Lipinski definition) is 3. The maximum Gasteiger partial charge on any atom is 0.0779 e. The van der Waals surface area contributed by atoms with Gasteiger partial charge in [-0.05, 0) is 46.5 Å². The maximum atomic E-state index is 10.7. The van der Waals surface area contributed by atoms with Gasteiger partial charge in [-0.3, -0.25) is 0 Å². The van der Waals surface area contributed by atoms with E-state index in [1.165, 1.54) is 0 Å². The molecule has 18 heavy (non-hydrogen) atoms. The number of aliphatic hydroxyl groups is 3. The van der Waals surface area contributed by atoms with Gasteiger partial charge in [-0.15, -0.1) is 0 Å². The van der Waals surface area contributed by atoms with Gasteiger partial charge in [-0.1, -0.05) is 18.6 Å². The number of aliphatic hydroxyl groups excluding tert-OH is 1. The molecule has 104 valence electrons. The smallest absolute Gasteiger partial charge is 0.0779 e. The average molecular weight is 254 g/mol. The zero-order valence-corrected chi connectivity index (χ0v) is 11.9. The van der Waals surface area contributed by atoms with Crippen LogP contribution in [0.3, 0.4) is 0 Å². The second-order valence-electron chi connectivity index (χ2n) is 7.11. The molecular weight excluding hydrogens is 228 g/mol. The van der Waals surface area contributed by atoms with Crippen molar-refractivity contribution in [2.45, 2.75) is 70.7 Å². The molecule has 0 spiro atoms. The lowest BCUT2D eigenvalue weighted by molar-refractivity contribution is -0.117. The molecule has 2 aliphatic rings. The lowest BCUT2D eigenvalue weighted by Gasteiger charge is -2.54. The molecule has 2 aliphatic carbocycles. The fourth-order valence-electron chi connectivity index (χ4n) is 3.69. The lowest BCUT2D eigenvalue weighted by Crippen LogP contribution is -2.55. The van der Waals surface area contributed by atoms with E-state index in [2.05, 4.69) is 6.92 Å². The van der Waals surface area contributed by atoms with E-state index >= 15 is 0 Å². The molecule has 3 nitrogen and oxygen atoms in total. The zero-order chi connectivity index (χ0) is 13.8. The van der Waals surface area contributed by atoms with Crippen molar-refractivity contribution in [3.8, 4) is 0 Å². The summed E-state index contributed by atoms with van der Waals surface area (Å²) in [6, 6.07) is 0. The summed E-state index contributed by atoms with van der Waals surface area (Å²) in [5.41, 5.74) is -0.847. The van der Waals surface area contributed by atoms with Crippen molar-refractivity contribution in [3.63, 3.8) is 0 Å². The fourth-order valence-corrected chi connectivity index (χ4v) is 3.69. The van der Waals surface area contributed by atoms with E-state index < -0.39 is 17.3 Å². The molecule has 1 saturated carbocycles. The minimum Gasteiger partial charge on any atom is -0.390 e. The second kappa shape index (κ2) is 4.06. The Morgan fingerprint density at radius 2 is 1.94 bits per heavy atom. The van der Waals surface area contributed by atoms with Gasteiger partial charge in [0.15, 0.2) is 0 Å². The maximum absolute atomic E-state index is 10.7. The van der Waals surface area contributed by atoms with E-state index in [4.69, 9.17) is 0 Å². The Bertz CT molecular complexity index is 364. The third kappa shape index (κ3) is 2.02. The molecule has 0 radical (unpaired) electrons. The Labute approximate surface area is 110 Å². The molecule has 0 aromatic carbocycles. The Balaban J connectivity index is 2.41. The van der Waals surface area contributed by atoms with Crippen LogP contribution in [0.2, 0.25) is 0 Å². The Hall–Kier alpha value is -0.380. The standard InChI is InChI=1S/C15H26O3/c1-13(2,17)11-9-14(3)10(8-12(11)16)6-5-7-15(14,4)18/h8,11-12,16-18H,5-7,9H2,1-4H3/t11-,12-,14-,15-/m1/s1. The summed E-state index contributed by atoms with van der Waals surface area (Å²) < 4.78 is 0. The molecule has 3 N–H and O–H groups in total. The van der Waals surface area contributed by atoms with Crippen LogP contribution in [0.25, 0.3) is 0 Å². The van der Waals surface area contributed by atoms with Gasteiger partial charge >= 0.3 is 0 Å². The summed E-state index contributed by atoms with van der Waals surface area (Å²) in [5, 5.41) is 31.1. The summed E-state index contributed by atoms with van der Waals surface area (Å²) >= 11 is 0. The molecule has 4 atom stereocenters. The molecule has 3 heteroatoms. The summed E-state index contributed by atoms with van der Waals surface area (Å²) in [6.45, 7) is 7.43. The first-order valence-corrected chi connectivity index (χ1v) is 6.92. The van der Waals surface area contributed by atoms with Gasteiger partial charge in [0, 0.05) is 11.3 Å². The molecule has 0 aliphatic heterocycles. The minimum absolute atomic E-state index is 0.226. The van der Waals surface area contributed by atoms with Crippen molar-refractivity contribution >= 4 is 0 Å². The quantitative estimate of drug-likeness (QED) is 0.627. The van der Waals surface area contributed by atoms with Gasteiger partial charge < -0.3 is 15.3 Å². The molecule has 0 unspecified atom stereocenters. The van der Waals surface area contributed by atoms with E-state index in [1.807, 2.05) is 13.0 Å². The highest BCUT2D eigenvalue weighted by atomic mass is 16.3. The van der Waals surface area contributed by atoms with Crippen LogP contribution in [0.15, 0.2) is 11.6 Å². The van der Waals surface area contributed by atoms with Crippen LogP contribution in [0, 0.1) is 11.3 Å². The van der Waals surface area contributed by atoms with Crippen LogP contribution in [0.4, 0.5) is 0 Å². The molecule has 1 fully saturated rings. The summed E-state index contributed by atoms with van der Waals surface area (Å²) in [7, 11) is 0. The van der Waals surface area contributed by atoms with Crippen LogP contribution in [0.5, 0.6) is 0 Å². The normalized spacial score (nSPS) is 45.4. The molecule has 0 heterocycles. The predicted octanol–water partition coefficient (Wildman–Crippen LogP) is 2.01. The molecule has 0 bridgehead atoms. The molecule has 0 aromatic heterocycles. The Kier molecular flexibility index (Phi) is 3.16. The van der Waals surface area contributed by atoms with E-state index in [0.29, 0.717) is 6.42 Å². The van der Waals surface area contributed by atoms with Crippen LogP contribution < -0.4 is 0 Å². The fraction of sp³-hybridized carbons (Fsp3) is 0.867. The third-order valence-corrected chi connectivity index (χ3v) is 5.33. The van der Waals surface area contributed by atoms with Crippen molar-refractivity contribution < 1.29 is 15.3 Å². The van der Waals surface area contributed by atoms with Gasteiger partial charge in [0.2, 0.25) is 0 Å². The van der Waals surface area contributed by atoms with Crippen LogP contribution in [-0.2, 0) is 0 Å². The van der Waals surface area contributed by atoms with Crippen molar-refractivity contribution in [1.82, 2.24) is 0 Å². The Morgan fingerprint density at radius 1 is 1.33 bits per heavy atom. The number of rotatable bonds is 1. The summed E-state index contributed by atoms with van der Waals surface area (Å²) in [4.78, 5) is 0. The first-order chi connectivity index (χ1) is 8.08. The second-order valence-corrected chi connectivity index (χ2v) is 7.11. The first-order valence-electron chi connectivity index (χ1n) is 6.92. The zero-order valence-electron chi connectivity index (χ0n) is 11.9. The van der Waals surface area contributed by atoms with E-state index in [0.717, 1.165) is 24.8 Å². The SMILES string of the molecule is CC(C)(O)[C@@H]1C[C@]2(C)C(=C[C@H]1O)CCC[C@@]2(C)O. The van der Waals surface area contributed by atoms with Crippen LogP contribution in [0.1, 0.15) is 53.4 Å². The highest BCUT2D eigenvalue weighted by Gasteiger charge is 2.53. The predicted molar refractivity (Wildman–Crippen MR) is 71.1 cm³/mol. The van der Waals surface area contributed by atoms with Gasteiger partial charge in [0.25, 0.3) is 0 Å². The highest BCUT2D eigenvalue weighted by Crippen LogP contribution is 2.55. The van der Waals surface area contributed by atoms with Crippen molar-refractivity contribution in [1.29, 1.82) is 0 Å². The molecule has 0 aromatic rings. The van der Waals surface area contributed by atoms with Gasteiger partial charge in [-0.2, -0.15) is 0 Å². The third-order valence-electron chi connectivity index (χ3n) is 5.33. The number of fused-ring (bicyclic) bond motifs is 1. The molecule has 0 saturated heterocycles. The number of hydrogen-bond donors (Lipinski definition) is 3. The average Bonchev–Trinajstić information content (AvgIpc) is 2.19. The molecule has 2 rings (SSSR count). The van der Waals surface area contributed by atoms with Crippen LogP contribution in [-0.4, -0.2) is 32.6 Å². The monoisotopic (exact) mass is 254 g/mol. The van der Waals surface area contributed by atoms with Gasteiger partial charge in [-0.25, -0.2) is 0 Å². The highest BCUT2D eigenvalue weighted by molar-refractivity contribution is 5.28. The Morgan fingerprint density at radius 3 is 2.50 bits per heavy atom. The van der Waals surface area contributed by atoms with Crippen LogP contribution >= 0.6 is 0 Å². The van der Waals surface area contributed by atoms with Gasteiger partial charge in [0.05, 0.1) is 17.3 Å². The first kappa shape index (κ1) is 14.0. The van der Waals surface area contributed by atoms with E-state index in [-0.39, 0.29) is 11.3 Å². The van der Waals surface area contributed by atoms with Crippen molar-refractivity contribution in [3.05, 3.63) is 11.6 Å². The van der Waals surface area contributed by atoms with E-state index in [9.17, 15) is 15.3 Å². The lowest BCUT2D eigenvalue weighted by atomic mass is 9.54.